The van der Waals surface area contributed by atoms with Crippen LogP contribution in [-0.2, 0) is 17.8 Å². The number of methoxy groups -OCH3 is 1. The van der Waals surface area contributed by atoms with E-state index in [-0.39, 0.29) is 58.3 Å². The predicted molar refractivity (Wildman–Crippen MR) is 240 cm³/mol. The molecule has 0 unspecified atom stereocenters. The van der Waals surface area contributed by atoms with Crippen LogP contribution in [0.2, 0.25) is 10.0 Å². The van der Waals surface area contributed by atoms with Crippen LogP contribution >= 0.6 is 23.2 Å². The molecule has 4 aromatic heterocycles. The standard InChI is InChI=1S/C23H16ClF2N5O4.C22H15ClF2N6O3/c1-35-23(34)19-9-18(22(33)27-10-12-6-7-15(25)16(26)8-12)29-20-13(11-28-31(19)20)21(32)30-17-5-3-2-4-14(17)24;23-13-3-1-2-4-16(13)30-21(33)12-10-28-31-18(19(26)32)8-17(29-20(12)31)22(34)27-9-11-5-6-14(24)15(25)7-11/h2-9,11H,10H2,1H3,(H,27,33)(H,30,32);1-8,10H,9H2,(H2,26,32)(H,27,34)(H,30,33). The fourth-order valence-corrected chi connectivity index (χ4v) is 6.62. The second kappa shape index (κ2) is 20.8. The first-order valence-corrected chi connectivity index (χ1v) is 20.5. The van der Waals surface area contributed by atoms with Crippen molar-refractivity contribution in [3.63, 3.8) is 0 Å². The Kier molecular flexibility index (Phi) is 14.5. The molecule has 0 aliphatic rings. The maximum Gasteiger partial charge on any atom is 0.356 e. The number of hydrogen-bond donors (Lipinski definition) is 5. The fourth-order valence-electron chi connectivity index (χ4n) is 6.25. The van der Waals surface area contributed by atoms with E-state index in [9.17, 15) is 46.3 Å². The molecule has 8 aromatic rings. The molecule has 0 aliphatic carbocycles. The van der Waals surface area contributed by atoms with Gasteiger partial charge in [0.1, 0.15) is 28.2 Å². The monoisotopic (exact) mass is 983 g/mol. The van der Waals surface area contributed by atoms with Crippen LogP contribution in [0.5, 0.6) is 0 Å². The van der Waals surface area contributed by atoms with E-state index in [1.807, 2.05) is 0 Å². The third-order valence-electron chi connectivity index (χ3n) is 9.66. The van der Waals surface area contributed by atoms with Gasteiger partial charge in [-0.1, -0.05) is 59.6 Å². The van der Waals surface area contributed by atoms with Gasteiger partial charge in [-0.2, -0.15) is 10.2 Å². The lowest BCUT2D eigenvalue weighted by atomic mass is 10.2. The lowest BCUT2D eigenvalue weighted by molar-refractivity contribution is 0.0589. The summed E-state index contributed by atoms with van der Waals surface area (Å²) in [6.07, 6.45) is 2.36. The van der Waals surface area contributed by atoms with E-state index in [1.54, 1.807) is 48.5 Å². The molecule has 6 N–H and O–H groups in total. The van der Waals surface area contributed by atoms with Gasteiger partial charge >= 0.3 is 5.97 Å². The van der Waals surface area contributed by atoms with E-state index < -0.39 is 58.8 Å². The van der Waals surface area contributed by atoms with Crippen molar-refractivity contribution in [1.82, 2.24) is 39.8 Å². The molecule has 18 nitrogen and oxygen atoms in total. The third kappa shape index (κ3) is 10.9. The summed E-state index contributed by atoms with van der Waals surface area (Å²) >= 11 is 12.2. The smallest absolute Gasteiger partial charge is 0.356 e. The Bertz CT molecular complexity index is 3370. The number of ether oxygens (including phenoxy) is 1. The molecule has 0 bridgehead atoms. The molecule has 0 atom stereocenters. The Morgan fingerprint density at radius 1 is 0.580 bits per heavy atom. The molecular weight excluding hydrogens is 953 g/mol. The number of nitrogens with two attached hydrogens (primary N) is 1. The molecule has 0 spiro atoms. The number of rotatable bonds is 12. The number of fused-ring (bicyclic) bond motifs is 2. The summed E-state index contributed by atoms with van der Waals surface area (Å²) < 4.78 is 59.9. The highest BCUT2D eigenvalue weighted by atomic mass is 35.5. The quantitative estimate of drug-likeness (QED) is 0.0647. The van der Waals surface area contributed by atoms with Crippen LogP contribution in [0.25, 0.3) is 11.3 Å². The van der Waals surface area contributed by atoms with E-state index in [2.05, 4.69) is 41.4 Å². The minimum absolute atomic E-state index is 0.0367. The van der Waals surface area contributed by atoms with Gasteiger partial charge in [-0.05, 0) is 59.7 Å². The van der Waals surface area contributed by atoms with Gasteiger partial charge in [-0.15, -0.1) is 0 Å². The van der Waals surface area contributed by atoms with Crippen molar-refractivity contribution in [2.24, 2.45) is 5.73 Å². The lowest BCUT2D eigenvalue weighted by Crippen LogP contribution is -2.26. The van der Waals surface area contributed by atoms with Gasteiger partial charge in [0.15, 0.2) is 40.3 Å². The van der Waals surface area contributed by atoms with Crippen molar-refractivity contribution in [3.8, 4) is 0 Å². The number of halogens is 6. The summed E-state index contributed by atoms with van der Waals surface area (Å²) in [4.78, 5) is 83.8. The van der Waals surface area contributed by atoms with Gasteiger partial charge in [0.05, 0.1) is 40.9 Å². The molecular formula is C45H31Cl2F4N11O7. The van der Waals surface area contributed by atoms with Gasteiger partial charge in [-0.3, -0.25) is 24.0 Å². The fraction of sp³-hybridized carbons (Fsp3) is 0.0667. The average molecular weight is 985 g/mol. The molecule has 69 heavy (non-hydrogen) atoms. The van der Waals surface area contributed by atoms with E-state index >= 15 is 0 Å². The van der Waals surface area contributed by atoms with Crippen molar-refractivity contribution in [2.75, 3.05) is 17.7 Å². The molecule has 0 aliphatic heterocycles. The molecule has 24 heteroatoms. The van der Waals surface area contributed by atoms with Crippen LogP contribution in [0.15, 0.2) is 109 Å². The van der Waals surface area contributed by atoms with Crippen molar-refractivity contribution >= 4 is 81.4 Å². The number of carbonyl (C=O) groups excluding carboxylic acids is 6. The van der Waals surface area contributed by atoms with Gasteiger partial charge in [0.2, 0.25) is 0 Å². The van der Waals surface area contributed by atoms with E-state index in [4.69, 9.17) is 33.7 Å². The summed E-state index contributed by atoms with van der Waals surface area (Å²) in [7, 11) is 1.14. The molecule has 0 fully saturated rings. The first kappa shape index (κ1) is 48.2. The highest BCUT2D eigenvalue weighted by molar-refractivity contribution is 6.34. The number of anilines is 2. The normalized spacial score (nSPS) is 10.8. The van der Waals surface area contributed by atoms with Crippen molar-refractivity contribution in [3.05, 3.63) is 188 Å². The Hall–Kier alpha value is -8.76. The Labute approximate surface area is 395 Å². The van der Waals surface area contributed by atoms with Crippen LogP contribution < -0.4 is 27.0 Å². The molecule has 4 aromatic carbocycles. The zero-order chi connectivity index (χ0) is 49.5. The number of esters is 1. The summed E-state index contributed by atoms with van der Waals surface area (Å²) in [5.74, 6) is -8.63. The number of aromatic nitrogens is 6. The second-order valence-corrected chi connectivity index (χ2v) is 15.0. The summed E-state index contributed by atoms with van der Waals surface area (Å²) in [6.45, 7) is -0.288. The first-order chi connectivity index (χ1) is 33.0. The topological polar surface area (TPSA) is 246 Å². The van der Waals surface area contributed by atoms with Crippen LogP contribution in [0.3, 0.4) is 0 Å². The molecule has 350 valence electrons. The maximum atomic E-state index is 13.4. The summed E-state index contributed by atoms with van der Waals surface area (Å²) in [5.41, 5.74) is 5.61. The molecule has 8 rings (SSSR count). The van der Waals surface area contributed by atoms with Crippen molar-refractivity contribution < 1.29 is 51.1 Å². The van der Waals surface area contributed by atoms with Crippen LogP contribution in [0.4, 0.5) is 28.9 Å². The number of amides is 5. The largest absolute Gasteiger partial charge is 0.464 e. The highest BCUT2D eigenvalue weighted by Gasteiger charge is 2.25. The van der Waals surface area contributed by atoms with Crippen molar-refractivity contribution in [1.29, 1.82) is 0 Å². The third-order valence-corrected chi connectivity index (χ3v) is 10.3. The van der Waals surface area contributed by atoms with Gasteiger partial charge in [0.25, 0.3) is 29.5 Å². The zero-order valence-corrected chi connectivity index (χ0v) is 36.7. The summed E-state index contributed by atoms with van der Waals surface area (Å²) in [5, 5.41) is 18.9. The van der Waals surface area contributed by atoms with E-state index in [0.29, 0.717) is 32.5 Å². The number of para-hydroxylation sites is 2. The highest BCUT2D eigenvalue weighted by Crippen LogP contribution is 2.24. The first-order valence-electron chi connectivity index (χ1n) is 19.7. The number of primary amides is 1. The predicted octanol–water partition coefficient (Wildman–Crippen LogP) is 6.57. The van der Waals surface area contributed by atoms with Crippen LogP contribution in [0, 0.1) is 23.3 Å². The number of benzene rings is 4. The number of nitrogens with one attached hydrogen (secondary N) is 4. The maximum absolute atomic E-state index is 13.4. The average Bonchev–Trinajstić information content (AvgIpc) is 3.98. The Morgan fingerprint density at radius 3 is 1.41 bits per heavy atom. The SMILES string of the molecule is COC(=O)c1cc(C(=O)NCc2ccc(F)c(F)c2)nc2c(C(=O)Nc3ccccc3Cl)cnn12.NC(=O)c1cc(C(=O)NCc2ccc(F)c(F)c2)nc2c(C(=O)Nc3ccccc3Cl)cnn12. The zero-order valence-electron chi connectivity index (χ0n) is 35.2. The van der Waals surface area contributed by atoms with Crippen LogP contribution in [-0.4, -0.2) is 71.8 Å². The molecule has 4 heterocycles. The molecule has 0 radical (unpaired) electrons. The van der Waals surface area contributed by atoms with Crippen molar-refractivity contribution in [2.45, 2.75) is 13.1 Å². The lowest BCUT2D eigenvalue weighted by Gasteiger charge is -2.09. The Morgan fingerprint density at radius 2 is 1.00 bits per heavy atom. The summed E-state index contributed by atoms with van der Waals surface area (Å²) in [6, 6.07) is 21.7. The number of hydrogen-bond acceptors (Lipinski definition) is 11. The van der Waals surface area contributed by atoms with Crippen LogP contribution in [0.1, 0.15) is 73.8 Å². The number of nitrogens with zero attached hydrogens (tertiary/aromatic N) is 6. The van der Waals surface area contributed by atoms with E-state index in [1.165, 1.54) is 24.5 Å². The van der Waals surface area contributed by atoms with E-state index in [0.717, 1.165) is 52.5 Å². The van der Waals surface area contributed by atoms with Gasteiger partial charge in [-0.25, -0.2) is 41.4 Å². The minimum Gasteiger partial charge on any atom is -0.464 e. The number of carbonyl (C=O) groups is 6. The van der Waals surface area contributed by atoms with Gasteiger partial charge < -0.3 is 31.7 Å². The molecule has 5 amide bonds. The van der Waals surface area contributed by atoms with Gasteiger partial charge in [0, 0.05) is 25.2 Å². The second-order valence-electron chi connectivity index (χ2n) is 14.2. The molecule has 0 saturated carbocycles. The molecule has 0 saturated heterocycles. The minimum atomic E-state index is -1.06. The Balaban J connectivity index is 0.000000204.